The molecular weight excluding hydrogens is 257 g/mol. The summed E-state index contributed by atoms with van der Waals surface area (Å²) >= 11 is 0. The van der Waals surface area contributed by atoms with Gasteiger partial charge < -0.3 is 10.6 Å². The zero-order valence-electron chi connectivity index (χ0n) is 11.0. The van der Waals surface area contributed by atoms with Gasteiger partial charge in [0.2, 0.25) is 5.91 Å². The summed E-state index contributed by atoms with van der Waals surface area (Å²) in [6.07, 6.45) is -0.836. The second kappa shape index (κ2) is 5.69. The Morgan fingerprint density at radius 2 is 1.53 bits per heavy atom. The van der Waals surface area contributed by atoms with E-state index in [9.17, 15) is 18.0 Å². The molecule has 0 aromatic rings. The van der Waals surface area contributed by atoms with E-state index >= 15 is 0 Å². The lowest BCUT2D eigenvalue weighted by molar-refractivity contribution is -0.184. The Kier molecular flexibility index (Phi) is 4.38. The molecule has 1 amide bonds. The van der Waals surface area contributed by atoms with E-state index in [0.29, 0.717) is 12.8 Å². The average Bonchev–Trinajstić information content (AvgIpc) is 2.38. The van der Waals surface area contributed by atoms with E-state index in [-0.39, 0.29) is 30.7 Å². The van der Waals surface area contributed by atoms with E-state index in [1.54, 1.807) is 0 Å². The molecule has 0 aromatic heterocycles. The minimum absolute atomic E-state index is 0.0530. The molecule has 2 aliphatic rings. The van der Waals surface area contributed by atoms with Crippen molar-refractivity contribution in [1.82, 2.24) is 4.90 Å². The second-order valence-electron chi connectivity index (χ2n) is 5.76. The van der Waals surface area contributed by atoms with Crippen molar-refractivity contribution >= 4 is 5.91 Å². The highest BCUT2D eigenvalue weighted by atomic mass is 19.4. The van der Waals surface area contributed by atoms with Gasteiger partial charge in [0.15, 0.2) is 0 Å². The predicted octanol–water partition coefficient (Wildman–Crippen LogP) is 2.30. The summed E-state index contributed by atoms with van der Waals surface area (Å²) in [7, 11) is 0. The van der Waals surface area contributed by atoms with Crippen LogP contribution in [0.4, 0.5) is 13.2 Å². The first-order valence-corrected chi connectivity index (χ1v) is 6.98. The third-order valence-electron chi connectivity index (χ3n) is 4.61. The standard InChI is InChI=1S/C13H21F3N2O/c14-13(15,16)10-1-3-11(4-2-10)18-7-5-9(6-8-18)12(17)19/h9-11H,1-8H2,(H2,17,19). The van der Waals surface area contributed by atoms with Crippen molar-refractivity contribution in [3.8, 4) is 0 Å². The number of likely N-dealkylation sites (tertiary alicyclic amines) is 1. The number of alkyl halides is 3. The van der Waals surface area contributed by atoms with Crippen LogP contribution in [0.15, 0.2) is 0 Å². The Hall–Kier alpha value is -0.780. The van der Waals surface area contributed by atoms with Crippen LogP contribution in [-0.2, 0) is 4.79 Å². The highest BCUT2D eigenvalue weighted by Gasteiger charge is 2.42. The number of rotatable bonds is 2. The Bertz CT molecular complexity index is 316. The number of primary amides is 1. The minimum Gasteiger partial charge on any atom is -0.369 e. The minimum atomic E-state index is -4.04. The van der Waals surface area contributed by atoms with Crippen LogP contribution in [0.5, 0.6) is 0 Å². The Morgan fingerprint density at radius 1 is 1.00 bits per heavy atom. The van der Waals surface area contributed by atoms with E-state index in [1.165, 1.54) is 0 Å². The highest BCUT2D eigenvalue weighted by Crippen LogP contribution is 2.39. The van der Waals surface area contributed by atoms with Gasteiger partial charge in [-0.3, -0.25) is 4.79 Å². The molecule has 3 nitrogen and oxygen atoms in total. The fourth-order valence-corrected chi connectivity index (χ4v) is 3.32. The number of hydrogen-bond donors (Lipinski definition) is 1. The third-order valence-corrected chi connectivity index (χ3v) is 4.61. The number of carbonyl (C=O) groups excluding carboxylic acids is 1. The first kappa shape index (κ1) is 14.6. The lowest BCUT2D eigenvalue weighted by atomic mass is 9.83. The van der Waals surface area contributed by atoms with Crippen molar-refractivity contribution in [2.24, 2.45) is 17.6 Å². The molecule has 0 radical (unpaired) electrons. The van der Waals surface area contributed by atoms with Crippen LogP contribution in [0.3, 0.4) is 0 Å². The first-order valence-electron chi connectivity index (χ1n) is 6.98. The molecule has 6 heteroatoms. The van der Waals surface area contributed by atoms with E-state index in [0.717, 1.165) is 25.9 Å². The van der Waals surface area contributed by atoms with Crippen LogP contribution in [-0.4, -0.2) is 36.1 Å². The van der Waals surface area contributed by atoms with Crippen molar-refractivity contribution in [3.05, 3.63) is 0 Å². The van der Waals surface area contributed by atoms with Gasteiger partial charge in [-0.05, 0) is 51.6 Å². The monoisotopic (exact) mass is 278 g/mol. The number of halogens is 3. The molecule has 110 valence electrons. The second-order valence-corrected chi connectivity index (χ2v) is 5.76. The quantitative estimate of drug-likeness (QED) is 0.842. The number of nitrogens with zero attached hydrogens (tertiary/aromatic N) is 1. The maximum Gasteiger partial charge on any atom is 0.391 e. The molecule has 1 aliphatic carbocycles. The number of piperidine rings is 1. The zero-order chi connectivity index (χ0) is 14.0. The predicted molar refractivity (Wildman–Crippen MR) is 65.3 cm³/mol. The van der Waals surface area contributed by atoms with Gasteiger partial charge in [-0.1, -0.05) is 0 Å². The molecule has 2 N–H and O–H groups in total. The molecule has 0 unspecified atom stereocenters. The van der Waals surface area contributed by atoms with Crippen LogP contribution >= 0.6 is 0 Å². The van der Waals surface area contributed by atoms with Crippen LogP contribution in [0.2, 0.25) is 0 Å². The molecule has 0 atom stereocenters. The molecule has 0 aromatic carbocycles. The van der Waals surface area contributed by atoms with E-state index in [1.807, 2.05) is 0 Å². The first-order chi connectivity index (χ1) is 8.88. The van der Waals surface area contributed by atoms with Crippen LogP contribution in [0.1, 0.15) is 38.5 Å². The van der Waals surface area contributed by atoms with Crippen LogP contribution < -0.4 is 5.73 Å². The van der Waals surface area contributed by atoms with Gasteiger partial charge in [0, 0.05) is 12.0 Å². The third kappa shape index (κ3) is 3.61. The smallest absolute Gasteiger partial charge is 0.369 e. The van der Waals surface area contributed by atoms with E-state index in [4.69, 9.17) is 5.73 Å². The molecule has 1 heterocycles. The van der Waals surface area contributed by atoms with Gasteiger partial charge in [-0.2, -0.15) is 13.2 Å². The molecule has 2 rings (SSSR count). The molecule has 1 saturated heterocycles. The molecule has 0 spiro atoms. The zero-order valence-corrected chi connectivity index (χ0v) is 11.0. The van der Waals surface area contributed by atoms with Crippen molar-refractivity contribution < 1.29 is 18.0 Å². The number of amides is 1. The summed E-state index contributed by atoms with van der Waals surface area (Å²) < 4.78 is 37.8. The summed E-state index contributed by atoms with van der Waals surface area (Å²) in [5.41, 5.74) is 5.27. The maximum atomic E-state index is 12.6. The number of nitrogens with two attached hydrogens (primary N) is 1. The van der Waals surface area contributed by atoms with Gasteiger partial charge in [0.1, 0.15) is 0 Å². The fourth-order valence-electron chi connectivity index (χ4n) is 3.32. The van der Waals surface area contributed by atoms with Crippen molar-refractivity contribution in [2.45, 2.75) is 50.7 Å². The van der Waals surface area contributed by atoms with Gasteiger partial charge in [0.25, 0.3) is 0 Å². The van der Waals surface area contributed by atoms with Crippen LogP contribution in [0, 0.1) is 11.8 Å². The van der Waals surface area contributed by atoms with Crippen molar-refractivity contribution in [2.75, 3.05) is 13.1 Å². The van der Waals surface area contributed by atoms with Crippen molar-refractivity contribution in [3.63, 3.8) is 0 Å². The molecular formula is C13H21F3N2O. The molecule has 1 aliphatic heterocycles. The summed E-state index contributed by atoms with van der Waals surface area (Å²) in [6, 6.07) is 0.257. The molecule has 1 saturated carbocycles. The number of hydrogen-bond acceptors (Lipinski definition) is 2. The number of carbonyl (C=O) groups is 1. The summed E-state index contributed by atoms with van der Waals surface area (Å²) in [4.78, 5) is 13.3. The molecule has 19 heavy (non-hydrogen) atoms. The van der Waals surface area contributed by atoms with Gasteiger partial charge >= 0.3 is 6.18 Å². The van der Waals surface area contributed by atoms with Gasteiger partial charge in [0.05, 0.1) is 5.92 Å². The van der Waals surface area contributed by atoms with Gasteiger partial charge in [-0.25, -0.2) is 0 Å². The Morgan fingerprint density at radius 3 is 1.95 bits per heavy atom. The normalized spacial score (nSPS) is 31.3. The fraction of sp³-hybridized carbons (Fsp3) is 0.923. The topological polar surface area (TPSA) is 46.3 Å². The highest BCUT2D eigenvalue weighted by molar-refractivity contribution is 5.76. The largest absolute Gasteiger partial charge is 0.391 e. The molecule has 0 bridgehead atoms. The summed E-state index contributed by atoms with van der Waals surface area (Å²) in [6.45, 7) is 1.57. The van der Waals surface area contributed by atoms with E-state index < -0.39 is 12.1 Å². The Balaban J connectivity index is 1.78. The molecule has 2 fully saturated rings. The summed E-state index contributed by atoms with van der Waals surface area (Å²) in [5.74, 6) is -1.42. The maximum absolute atomic E-state index is 12.6. The van der Waals surface area contributed by atoms with Crippen molar-refractivity contribution in [1.29, 1.82) is 0 Å². The summed E-state index contributed by atoms with van der Waals surface area (Å²) in [5, 5.41) is 0. The lowest BCUT2D eigenvalue weighted by Crippen LogP contribution is -2.46. The average molecular weight is 278 g/mol. The van der Waals surface area contributed by atoms with Gasteiger partial charge in [-0.15, -0.1) is 0 Å². The van der Waals surface area contributed by atoms with Crippen LogP contribution in [0.25, 0.3) is 0 Å². The van der Waals surface area contributed by atoms with E-state index in [2.05, 4.69) is 4.90 Å². The SMILES string of the molecule is NC(=O)C1CCN(C2CCC(C(F)(F)F)CC2)CC1. The lowest BCUT2D eigenvalue weighted by Gasteiger charge is -2.40. The Labute approximate surface area is 111 Å².